The smallest absolute Gasteiger partial charge is 0.217 e. The average molecular weight is 154 g/mol. The maximum absolute atomic E-state index is 10.5. The zero-order valence-corrected chi connectivity index (χ0v) is 7.05. The number of carbonyl (C=O) groups excluding carboxylic acids is 1. The number of amides is 1. The van der Waals surface area contributed by atoms with Crippen LogP contribution in [0.5, 0.6) is 0 Å². The summed E-state index contributed by atoms with van der Waals surface area (Å²) in [7, 11) is 0. The Morgan fingerprint density at radius 1 is 1.73 bits per heavy atom. The Morgan fingerprint density at radius 3 is 2.82 bits per heavy atom. The van der Waals surface area contributed by atoms with Gasteiger partial charge in [-0.3, -0.25) is 4.79 Å². The van der Waals surface area contributed by atoms with Gasteiger partial charge in [0.05, 0.1) is 6.07 Å². The lowest BCUT2D eigenvalue weighted by Gasteiger charge is -2.10. The molecule has 0 spiro atoms. The molecule has 3 nitrogen and oxygen atoms in total. The molecule has 0 aromatic rings. The highest BCUT2D eigenvalue weighted by atomic mass is 16.1. The van der Waals surface area contributed by atoms with Crippen molar-refractivity contribution >= 4 is 5.91 Å². The van der Waals surface area contributed by atoms with E-state index >= 15 is 0 Å². The Balaban J connectivity index is 3.31. The summed E-state index contributed by atoms with van der Waals surface area (Å²) >= 11 is 0. The molecule has 0 aromatic carbocycles. The minimum absolute atomic E-state index is 0.00513. The molecule has 0 rings (SSSR count). The van der Waals surface area contributed by atoms with E-state index in [0.29, 0.717) is 6.42 Å². The third-order valence-corrected chi connectivity index (χ3v) is 1.38. The SMILES string of the molecule is CC(=O)NC(C)CCCC#N. The minimum atomic E-state index is -0.00513. The molecule has 0 aliphatic carbocycles. The highest BCUT2D eigenvalue weighted by Crippen LogP contribution is 1.98. The van der Waals surface area contributed by atoms with Gasteiger partial charge in [0.25, 0.3) is 0 Å². The average Bonchev–Trinajstić information content (AvgIpc) is 1.86. The van der Waals surface area contributed by atoms with Crippen molar-refractivity contribution in [3.63, 3.8) is 0 Å². The highest BCUT2D eigenvalue weighted by Gasteiger charge is 2.01. The van der Waals surface area contributed by atoms with Crippen LogP contribution in [0.1, 0.15) is 33.1 Å². The highest BCUT2D eigenvalue weighted by molar-refractivity contribution is 5.73. The maximum atomic E-state index is 10.5. The molecule has 62 valence electrons. The second-order valence-electron chi connectivity index (χ2n) is 2.65. The molecule has 0 aromatic heterocycles. The Labute approximate surface area is 67.4 Å². The molecule has 0 radical (unpaired) electrons. The van der Waals surface area contributed by atoms with Crippen molar-refractivity contribution in [3.05, 3.63) is 0 Å². The number of nitrogens with one attached hydrogen (secondary N) is 1. The van der Waals surface area contributed by atoms with Gasteiger partial charge in [-0.25, -0.2) is 0 Å². The first-order chi connectivity index (χ1) is 5.16. The number of unbranched alkanes of at least 4 members (excludes halogenated alkanes) is 1. The summed E-state index contributed by atoms with van der Waals surface area (Å²) in [6.45, 7) is 3.44. The number of hydrogen-bond donors (Lipinski definition) is 1. The van der Waals surface area contributed by atoms with Crippen molar-refractivity contribution < 1.29 is 4.79 Å². The first kappa shape index (κ1) is 9.96. The van der Waals surface area contributed by atoms with Crippen molar-refractivity contribution in [2.45, 2.75) is 39.2 Å². The molecular weight excluding hydrogens is 140 g/mol. The van der Waals surface area contributed by atoms with Gasteiger partial charge in [0.1, 0.15) is 0 Å². The predicted molar refractivity (Wildman–Crippen MR) is 42.7 cm³/mol. The molecule has 3 heteroatoms. The van der Waals surface area contributed by atoms with Crippen LogP contribution in [-0.2, 0) is 4.79 Å². The summed E-state index contributed by atoms with van der Waals surface area (Å²) in [6, 6.07) is 2.26. The normalized spacial score (nSPS) is 11.7. The van der Waals surface area contributed by atoms with Gasteiger partial charge in [0.2, 0.25) is 5.91 Å². The van der Waals surface area contributed by atoms with E-state index in [2.05, 4.69) is 11.4 Å². The van der Waals surface area contributed by atoms with E-state index in [0.717, 1.165) is 12.8 Å². The number of nitriles is 1. The monoisotopic (exact) mass is 154 g/mol. The van der Waals surface area contributed by atoms with Gasteiger partial charge in [-0.2, -0.15) is 5.26 Å². The molecule has 0 saturated carbocycles. The Bertz CT molecular complexity index is 160. The predicted octanol–water partition coefficient (Wildman–Crippen LogP) is 1.20. The van der Waals surface area contributed by atoms with Crippen LogP contribution in [-0.4, -0.2) is 11.9 Å². The van der Waals surface area contributed by atoms with E-state index in [1.54, 1.807) is 0 Å². The lowest BCUT2D eigenvalue weighted by atomic mass is 10.1. The van der Waals surface area contributed by atoms with E-state index in [-0.39, 0.29) is 11.9 Å². The Hall–Kier alpha value is -1.04. The largest absolute Gasteiger partial charge is 0.354 e. The van der Waals surface area contributed by atoms with Crippen LogP contribution in [0.3, 0.4) is 0 Å². The third kappa shape index (κ3) is 6.85. The molecule has 1 amide bonds. The van der Waals surface area contributed by atoms with Gasteiger partial charge in [-0.15, -0.1) is 0 Å². The molecule has 0 heterocycles. The first-order valence-electron chi connectivity index (χ1n) is 3.81. The van der Waals surface area contributed by atoms with Crippen LogP contribution in [0.25, 0.3) is 0 Å². The molecule has 1 unspecified atom stereocenters. The van der Waals surface area contributed by atoms with Crippen molar-refractivity contribution in [3.8, 4) is 6.07 Å². The van der Waals surface area contributed by atoms with Gasteiger partial charge in [-0.05, 0) is 19.8 Å². The summed E-state index contributed by atoms with van der Waals surface area (Å²) in [5.41, 5.74) is 0. The summed E-state index contributed by atoms with van der Waals surface area (Å²) in [5, 5.41) is 11.0. The first-order valence-corrected chi connectivity index (χ1v) is 3.81. The summed E-state index contributed by atoms with van der Waals surface area (Å²) in [6.07, 6.45) is 2.31. The van der Waals surface area contributed by atoms with Gasteiger partial charge in [0.15, 0.2) is 0 Å². The van der Waals surface area contributed by atoms with Crippen LogP contribution < -0.4 is 5.32 Å². The summed E-state index contributed by atoms with van der Waals surface area (Å²) in [4.78, 5) is 10.5. The van der Waals surface area contributed by atoms with Crippen molar-refractivity contribution in [2.24, 2.45) is 0 Å². The van der Waals surface area contributed by atoms with Crippen LogP contribution in [0.4, 0.5) is 0 Å². The van der Waals surface area contributed by atoms with E-state index in [1.807, 2.05) is 6.92 Å². The molecule has 0 aliphatic rings. The van der Waals surface area contributed by atoms with E-state index < -0.39 is 0 Å². The lowest BCUT2D eigenvalue weighted by Crippen LogP contribution is -2.30. The summed E-state index contributed by atoms with van der Waals surface area (Å²) < 4.78 is 0. The van der Waals surface area contributed by atoms with Crippen LogP contribution in [0.2, 0.25) is 0 Å². The van der Waals surface area contributed by atoms with Crippen LogP contribution in [0, 0.1) is 11.3 Å². The second-order valence-corrected chi connectivity index (χ2v) is 2.65. The van der Waals surface area contributed by atoms with E-state index in [4.69, 9.17) is 5.26 Å². The number of carbonyl (C=O) groups is 1. The van der Waals surface area contributed by atoms with Crippen LogP contribution in [0.15, 0.2) is 0 Å². The molecule has 0 fully saturated rings. The Morgan fingerprint density at radius 2 is 2.36 bits per heavy atom. The number of rotatable bonds is 4. The topological polar surface area (TPSA) is 52.9 Å². The molecule has 0 saturated heterocycles. The molecule has 0 bridgehead atoms. The lowest BCUT2D eigenvalue weighted by molar-refractivity contribution is -0.119. The molecule has 0 aliphatic heterocycles. The Kier molecular flexibility index (Phi) is 5.18. The fraction of sp³-hybridized carbons (Fsp3) is 0.750. The standard InChI is InChI=1S/C8H14N2O/c1-7(10-8(2)11)5-3-4-6-9/h7H,3-5H2,1-2H3,(H,10,11). The summed E-state index contributed by atoms with van der Waals surface area (Å²) in [5.74, 6) is -0.00513. The molecular formula is C8H14N2O. The van der Waals surface area contributed by atoms with Crippen molar-refractivity contribution in [2.75, 3.05) is 0 Å². The van der Waals surface area contributed by atoms with Gasteiger partial charge >= 0.3 is 0 Å². The van der Waals surface area contributed by atoms with Crippen molar-refractivity contribution in [1.82, 2.24) is 5.32 Å². The fourth-order valence-electron chi connectivity index (χ4n) is 0.906. The molecule has 1 atom stereocenters. The maximum Gasteiger partial charge on any atom is 0.217 e. The zero-order chi connectivity index (χ0) is 8.69. The number of nitrogens with zero attached hydrogens (tertiary/aromatic N) is 1. The third-order valence-electron chi connectivity index (χ3n) is 1.38. The molecule has 1 N–H and O–H groups in total. The second kappa shape index (κ2) is 5.72. The van der Waals surface area contributed by atoms with Gasteiger partial charge in [-0.1, -0.05) is 0 Å². The van der Waals surface area contributed by atoms with Gasteiger partial charge in [0, 0.05) is 19.4 Å². The fourth-order valence-corrected chi connectivity index (χ4v) is 0.906. The van der Waals surface area contributed by atoms with E-state index in [1.165, 1.54) is 6.92 Å². The van der Waals surface area contributed by atoms with E-state index in [9.17, 15) is 4.79 Å². The van der Waals surface area contributed by atoms with Crippen molar-refractivity contribution in [1.29, 1.82) is 5.26 Å². The van der Waals surface area contributed by atoms with Gasteiger partial charge < -0.3 is 5.32 Å². The zero-order valence-electron chi connectivity index (χ0n) is 7.05. The molecule has 11 heavy (non-hydrogen) atoms. The quantitative estimate of drug-likeness (QED) is 0.619. The minimum Gasteiger partial charge on any atom is -0.354 e. The van der Waals surface area contributed by atoms with Crippen LogP contribution >= 0.6 is 0 Å². The number of hydrogen-bond acceptors (Lipinski definition) is 2.